The van der Waals surface area contributed by atoms with Gasteiger partial charge in [0.2, 0.25) is 0 Å². The zero-order chi connectivity index (χ0) is 16.5. The summed E-state index contributed by atoms with van der Waals surface area (Å²) in [4.78, 5) is 24.1. The number of carbonyl (C=O) groups excluding carboxylic acids is 1. The molecule has 0 saturated heterocycles. The van der Waals surface area contributed by atoms with Crippen LogP contribution in [0.15, 0.2) is 35.2 Å². The molecule has 0 saturated carbocycles. The molecule has 122 valence electrons. The number of nitrogens with one attached hydrogen (secondary N) is 1. The van der Waals surface area contributed by atoms with E-state index in [2.05, 4.69) is 11.6 Å². The normalized spacial score (nSPS) is 14.7. The van der Waals surface area contributed by atoms with Gasteiger partial charge in [-0.15, -0.1) is 0 Å². The fourth-order valence-corrected chi connectivity index (χ4v) is 3.07. The lowest BCUT2D eigenvalue weighted by Gasteiger charge is -2.19. The van der Waals surface area contributed by atoms with Crippen molar-refractivity contribution in [1.82, 2.24) is 5.32 Å². The summed E-state index contributed by atoms with van der Waals surface area (Å²) in [6.45, 7) is 3.95. The topological polar surface area (TPSA) is 75.6 Å². The van der Waals surface area contributed by atoms with Crippen LogP contribution in [-0.2, 0) is 20.4 Å². The van der Waals surface area contributed by atoms with Crippen molar-refractivity contribution in [2.75, 3.05) is 18.6 Å². The summed E-state index contributed by atoms with van der Waals surface area (Å²) in [7, 11) is -0.00301. The Labute approximate surface area is 134 Å². The second kappa shape index (κ2) is 9.35. The van der Waals surface area contributed by atoms with Gasteiger partial charge >= 0.3 is 12.1 Å². The predicted molar refractivity (Wildman–Crippen MR) is 88.2 cm³/mol. The summed E-state index contributed by atoms with van der Waals surface area (Å²) >= 11 is 0. The molecule has 1 aromatic rings. The standard InChI is InChI=1S/C16H23NO4S/c1-4-12(2)14(15(18)19)17-16(20)21-10-11-22(3)13-8-6-5-7-9-13/h5-9,12,14H,4,10-11H2,1-3H3,(H-,17,18,19,20)/p+1/t12-,14-,22?/m0/s1. The largest absolute Gasteiger partial charge is 0.480 e. The van der Waals surface area contributed by atoms with Crippen LogP contribution in [0.1, 0.15) is 20.3 Å². The van der Waals surface area contributed by atoms with E-state index in [1.807, 2.05) is 37.3 Å². The average Bonchev–Trinajstić information content (AvgIpc) is 2.52. The van der Waals surface area contributed by atoms with Crippen molar-refractivity contribution in [3.63, 3.8) is 0 Å². The maximum Gasteiger partial charge on any atom is 0.408 e. The predicted octanol–water partition coefficient (Wildman–Crippen LogP) is 2.52. The van der Waals surface area contributed by atoms with E-state index >= 15 is 0 Å². The van der Waals surface area contributed by atoms with Crippen molar-refractivity contribution in [3.05, 3.63) is 30.3 Å². The lowest BCUT2D eigenvalue weighted by molar-refractivity contribution is -0.140. The van der Waals surface area contributed by atoms with Gasteiger partial charge in [-0.3, -0.25) is 0 Å². The third-order valence-electron chi connectivity index (χ3n) is 3.52. The van der Waals surface area contributed by atoms with E-state index in [1.54, 1.807) is 6.92 Å². The number of carboxylic acid groups (broad SMARTS) is 1. The molecule has 5 nitrogen and oxygen atoms in total. The summed E-state index contributed by atoms with van der Waals surface area (Å²) in [5.41, 5.74) is 0. The van der Waals surface area contributed by atoms with Crippen molar-refractivity contribution in [1.29, 1.82) is 0 Å². The Bertz CT molecular complexity index is 480. The van der Waals surface area contributed by atoms with E-state index < -0.39 is 18.1 Å². The number of carbonyl (C=O) groups is 2. The van der Waals surface area contributed by atoms with Gasteiger partial charge in [-0.1, -0.05) is 38.5 Å². The van der Waals surface area contributed by atoms with Crippen LogP contribution in [-0.4, -0.2) is 41.8 Å². The summed E-state index contributed by atoms with van der Waals surface area (Å²) in [6, 6.07) is 9.11. The lowest BCUT2D eigenvalue weighted by Crippen LogP contribution is -2.45. The van der Waals surface area contributed by atoms with E-state index in [-0.39, 0.29) is 23.4 Å². The van der Waals surface area contributed by atoms with Crippen LogP contribution in [0.4, 0.5) is 4.79 Å². The van der Waals surface area contributed by atoms with Gasteiger partial charge in [-0.25, -0.2) is 9.59 Å². The van der Waals surface area contributed by atoms with E-state index in [1.165, 1.54) is 4.90 Å². The van der Waals surface area contributed by atoms with Crippen LogP contribution < -0.4 is 5.32 Å². The Morgan fingerprint density at radius 3 is 2.50 bits per heavy atom. The average molecular weight is 326 g/mol. The first-order valence-corrected chi connectivity index (χ1v) is 9.09. The number of hydrogen-bond acceptors (Lipinski definition) is 3. The van der Waals surface area contributed by atoms with Crippen molar-refractivity contribution in [3.8, 4) is 0 Å². The molecule has 0 bridgehead atoms. The first-order valence-electron chi connectivity index (χ1n) is 7.29. The van der Waals surface area contributed by atoms with Crippen LogP contribution >= 0.6 is 0 Å². The minimum atomic E-state index is -1.04. The summed E-state index contributed by atoms with van der Waals surface area (Å²) in [6.07, 6.45) is 2.09. The molecule has 0 aromatic heterocycles. The Morgan fingerprint density at radius 2 is 1.95 bits per heavy atom. The molecule has 1 amide bonds. The highest BCUT2D eigenvalue weighted by Crippen LogP contribution is 2.11. The molecule has 1 aromatic carbocycles. The Hall–Kier alpha value is -1.69. The Balaban J connectivity index is 2.38. The molecule has 0 fully saturated rings. The number of ether oxygens (including phenoxy) is 1. The molecular formula is C16H24NO4S+. The van der Waals surface area contributed by atoms with Gasteiger partial charge in [0.1, 0.15) is 24.7 Å². The van der Waals surface area contributed by atoms with Crippen LogP contribution in [0.25, 0.3) is 0 Å². The van der Waals surface area contributed by atoms with Crippen molar-refractivity contribution in [2.24, 2.45) is 5.92 Å². The minimum absolute atomic E-state index is 0.00301. The molecule has 3 atom stereocenters. The maximum atomic E-state index is 11.7. The van der Waals surface area contributed by atoms with Gasteiger partial charge in [0.25, 0.3) is 0 Å². The minimum Gasteiger partial charge on any atom is -0.480 e. The zero-order valence-corrected chi connectivity index (χ0v) is 14.1. The number of alkyl carbamates (subject to hydrolysis) is 1. The highest BCUT2D eigenvalue weighted by atomic mass is 32.2. The van der Waals surface area contributed by atoms with Crippen molar-refractivity contribution in [2.45, 2.75) is 31.2 Å². The Morgan fingerprint density at radius 1 is 1.32 bits per heavy atom. The first kappa shape index (κ1) is 18.4. The second-order valence-corrected chi connectivity index (χ2v) is 7.29. The molecule has 0 aliphatic rings. The monoisotopic (exact) mass is 326 g/mol. The third kappa shape index (κ3) is 5.97. The van der Waals surface area contributed by atoms with Crippen LogP contribution in [0.2, 0.25) is 0 Å². The Kier molecular flexibility index (Phi) is 7.80. The SMILES string of the molecule is CC[C@H](C)[C@H](NC(=O)OCC[S+](C)c1ccccc1)C(=O)O. The number of carboxylic acids is 1. The molecule has 22 heavy (non-hydrogen) atoms. The molecule has 0 spiro atoms. The van der Waals surface area contributed by atoms with Gasteiger partial charge in [-0.05, 0) is 18.1 Å². The van der Waals surface area contributed by atoms with Crippen molar-refractivity contribution >= 4 is 23.0 Å². The van der Waals surface area contributed by atoms with Crippen molar-refractivity contribution < 1.29 is 19.4 Å². The lowest BCUT2D eigenvalue weighted by atomic mass is 10.00. The number of aliphatic carboxylic acids is 1. The van der Waals surface area contributed by atoms with Gasteiger partial charge in [0, 0.05) is 10.9 Å². The van der Waals surface area contributed by atoms with Gasteiger partial charge in [0.15, 0.2) is 4.90 Å². The highest BCUT2D eigenvalue weighted by Gasteiger charge is 2.26. The quantitative estimate of drug-likeness (QED) is 0.720. The zero-order valence-electron chi connectivity index (χ0n) is 13.2. The molecule has 0 radical (unpaired) electrons. The van der Waals surface area contributed by atoms with E-state index in [4.69, 9.17) is 9.84 Å². The fraction of sp³-hybridized carbons (Fsp3) is 0.500. The fourth-order valence-electron chi connectivity index (χ4n) is 1.88. The third-order valence-corrected chi connectivity index (χ3v) is 5.38. The molecular weight excluding hydrogens is 302 g/mol. The smallest absolute Gasteiger partial charge is 0.408 e. The summed E-state index contributed by atoms with van der Waals surface area (Å²) < 4.78 is 5.10. The molecule has 1 unspecified atom stereocenters. The van der Waals surface area contributed by atoms with E-state index in [0.717, 1.165) is 5.75 Å². The highest BCUT2D eigenvalue weighted by molar-refractivity contribution is 7.96. The second-order valence-electron chi connectivity index (χ2n) is 5.14. The van der Waals surface area contributed by atoms with Gasteiger partial charge < -0.3 is 15.2 Å². The number of amides is 1. The molecule has 6 heteroatoms. The number of rotatable bonds is 8. The maximum absolute atomic E-state index is 11.7. The molecule has 0 heterocycles. The number of benzene rings is 1. The van der Waals surface area contributed by atoms with Gasteiger partial charge in [0.05, 0.1) is 0 Å². The van der Waals surface area contributed by atoms with Gasteiger partial charge in [-0.2, -0.15) is 0 Å². The number of hydrogen-bond donors (Lipinski definition) is 2. The molecule has 0 aliphatic heterocycles. The first-order chi connectivity index (χ1) is 10.5. The van der Waals surface area contributed by atoms with E-state index in [9.17, 15) is 9.59 Å². The molecule has 2 N–H and O–H groups in total. The summed E-state index contributed by atoms with van der Waals surface area (Å²) in [5.74, 6) is -0.459. The summed E-state index contributed by atoms with van der Waals surface area (Å²) in [5, 5.41) is 11.5. The molecule has 0 aliphatic carbocycles. The van der Waals surface area contributed by atoms with Crippen LogP contribution in [0.3, 0.4) is 0 Å². The van der Waals surface area contributed by atoms with Crippen LogP contribution in [0.5, 0.6) is 0 Å². The molecule has 1 rings (SSSR count). The van der Waals surface area contributed by atoms with Crippen LogP contribution in [0, 0.1) is 5.92 Å². The van der Waals surface area contributed by atoms with E-state index in [0.29, 0.717) is 6.42 Å².